The molecule has 0 atom stereocenters. The van der Waals surface area contributed by atoms with Crippen molar-refractivity contribution in [1.82, 2.24) is 4.90 Å². The Kier molecular flexibility index (Phi) is 2.10. The van der Waals surface area contributed by atoms with Gasteiger partial charge in [0, 0.05) is 6.54 Å². The summed E-state index contributed by atoms with van der Waals surface area (Å²) in [6.07, 6.45) is 4.74. The lowest BCUT2D eigenvalue weighted by Crippen LogP contribution is -2.18. The number of hydrogen-bond donors (Lipinski definition) is 0. The van der Waals surface area contributed by atoms with E-state index in [-0.39, 0.29) is 0 Å². The second kappa shape index (κ2) is 2.88. The van der Waals surface area contributed by atoms with E-state index in [0.717, 1.165) is 6.54 Å². The second-order valence-corrected chi connectivity index (χ2v) is 2.30. The summed E-state index contributed by atoms with van der Waals surface area (Å²) in [5.74, 6) is 0. The van der Waals surface area contributed by atoms with Gasteiger partial charge in [-0.15, -0.1) is 6.58 Å². The van der Waals surface area contributed by atoms with Crippen LogP contribution in [0.25, 0.3) is 0 Å². The number of nitrogens with zero attached hydrogens (tertiary/aromatic N) is 1. The Bertz CT molecular complexity index is 72.5. The lowest BCUT2D eigenvalue weighted by molar-refractivity contribution is 0.377. The average Bonchev–Trinajstić information content (AvgIpc) is 2.19. The third-order valence-electron chi connectivity index (χ3n) is 1.59. The van der Waals surface area contributed by atoms with Crippen LogP contribution in [-0.2, 0) is 0 Å². The molecule has 8 heavy (non-hydrogen) atoms. The van der Waals surface area contributed by atoms with Crippen LogP contribution >= 0.6 is 0 Å². The molecule has 0 amide bonds. The Hall–Kier alpha value is -0.300. The van der Waals surface area contributed by atoms with Gasteiger partial charge in [0.25, 0.3) is 0 Å². The third-order valence-corrected chi connectivity index (χ3v) is 1.59. The molecule has 0 aliphatic carbocycles. The Balaban J connectivity index is 2.14. The van der Waals surface area contributed by atoms with Gasteiger partial charge in [-0.25, -0.2) is 0 Å². The summed E-state index contributed by atoms with van der Waals surface area (Å²) in [4.78, 5) is 2.42. The first-order chi connectivity index (χ1) is 3.93. The second-order valence-electron chi connectivity index (χ2n) is 2.30. The van der Waals surface area contributed by atoms with Crippen molar-refractivity contribution in [3.05, 3.63) is 12.7 Å². The summed E-state index contributed by atoms with van der Waals surface area (Å²) in [5.41, 5.74) is 0. The molecule has 1 aliphatic heterocycles. The van der Waals surface area contributed by atoms with Crippen molar-refractivity contribution >= 4 is 0 Å². The zero-order chi connectivity index (χ0) is 5.82. The Morgan fingerprint density at radius 2 is 2.00 bits per heavy atom. The summed E-state index contributed by atoms with van der Waals surface area (Å²) in [6, 6.07) is 0. The van der Waals surface area contributed by atoms with Gasteiger partial charge in [-0.05, 0) is 25.9 Å². The molecule has 1 heteroatoms. The smallest absolute Gasteiger partial charge is 0.0160 e. The summed E-state index contributed by atoms with van der Waals surface area (Å²) >= 11 is 0. The molecule has 1 heterocycles. The fourth-order valence-corrected chi connectivity index (χ4v) is 1.15. The minimum absolute atomic E-state index is 1.08. The van der Waals surface area contributed by atoms with E-state index in [9.17, 15) is 0 Å². The third kappa shape index (κ3) is 1.34. The van der Waals surface area contributed by atoms with Crippen molar-refractivity contribution in [2.24, 2.45) is 0 Å². The molecule has 46 valence electrons. The average molecular weight is 111 g/mol. The lowest BCUT2D eigenvalue weighted by Gasteiger charge is -2.09. The van der Waals surface area contributed by atoms with E-state index < -0.39 is 0 Å². The van der Waals surface area contributed by atoms with E-state index in [2.05, 4.69) is 11.5 Å². The molecule has 0 radical (unpaired) electrons. The zero-order valence-electron chi connectivity index (χ0n) is 5.27. The maximum Gasteiger partial charge on any atom is 0.0160 e. The molecule has 1 saturated heterocycles. The van der Waals surface area contributed by atoms with Crippen molar-refractivity contribution in [3.63, 3.8) is 0 Å². The first-order valence-corrected chi connectivity index (χ1v) is 3.27. The number of hydrogen-bond acceptors (Lipinski definition) is 1. The molecule has 0 aromatic heterocycles. The molecule has 1 fully saturated rings. The normalized spacial score (nSPS) is 21.5. The highest BCUT2D eigenvalue weighted by atomic mass is 15.1. The molecule has 0 unspecified atom stereocenters. The van der Waals surface area contributed by atoms with Gasteiger partial charge in [-0.1, -0.05) is 6.08 Å². The Morgan fingerprint density at radius 3 is 2.50 bits per heavy atom. The highest BCUT2D eigenvalue weighted by Crippen LogP contribution is 2.05. The van der Waals surface area contributed by atoms with Crippen molar-refractivity contribution in [2.45, 2.75) is 12.8 Å². The van der Waals surface area contributed by atoms with E-state index in [4.69, 9.17) is 0 Å². The van der Waals surface area contributed by atoms with E-state index in [1.165, 1.54) is 25.9 Å². The number of likely N-dealkylation sites (tertiary alicyclic amines) is 1. The molecule has 0 aromatic carbocycles. The highest BCUT2D eigenvalue weighted by Gasteiger charge is 2.07. The molecule has 0 saturated carbocycles. The van der Waals surface area contributed by atoms with Gasteiger partial charge < -0.3 is 0 Å². The van der Waals surface area contributed by atoms with Crippen LogP contribution in [0.15, 0.2) is 12.7 Å². The zero-order valence-corrected chi connectivity index (χ0v) is 5.27. The van der Waals surface area contributed by atoms with Crippen LogP contribution in [0, 0.1) is 0 Å². The topological polar surface area (TPSA) is 3.24 Å². The monoisotopic (exact) mass is 111 g/mol. The quantitative estimate of drug-likeness (QED) is 0.485. The fourth-order valence-electron chi connectivity index (χ4n) is 1.15. The summed E-state index contributed by atoms with van der Waals surface area (Å²) < 4.78 is 0. The van der Waals surface area contributed by atoms with E-state index >= 15 is 0 Å². The first kappa shape index (κ1) is 5.83. The van der Waals surface area contributed by atoms with Crippen LogP contribution in [-0.4, -0.2) is 24.5 Å². The van der Waals surface area contributed by atoms with Gasteiger partial charge in [0.15, 0.2) is 0 Å². The summed E-state index contributed by atoms with van der Waals surface area (Å²) in [6.45, 7) is 7.33. The molecule has 0 spiro atoms. The van der Waals surface area contributed by atoms with Crippen molar-refractivity contribution < 1.29 is 0 Å². The molecule has 0 bridgehead atoms. The molecule has 0 aromatic rings. The predicted molar refractivity (Wildman–Crippen MR) is 35.9 cm³/mol. The van der Waals surface area contributed by atoms with E-state index in [1.807, 2.05) is 6.08 Å². The Morgan fingerprint density at radius 1 is 1.38 bits per heavy atom. The molecule has 1 rings (SSSR count). The van der Waals surface area contributed by atoms with Gasteiger partial charge in [0.05, 0.1) is 0 Å². The van der Waals surface area contributed by atoms with Crippen LogP contribution in [0.2, 0.25) is 0 Å². The van der Waals surface area contributed by atoms with Crippen molar-refractivity contribution in [2.75, 3.05) is 19.6 Å². The van der Waals surface area contributed by atoms with Gasteiger partial charge in [-0.2, -0.15) is 0 Å². The van der Waals surface area contributed by atoms with Crippen LogP contribution < -0.4 is 0 Å². The molecular formula is C7H13N. The van der Waals surface area contributed by atoms with Gasteiger partial charge in [0.2, 0.25) is 0 Å². The molecule has 0 N–H and O–H groups in total. The Labute approximate surface area is 51.0 Å². The van der Waals surface area contributed by atoms with Crippen LogP contribution in [0.1, 0.15) is 12.8 Å². The standard InChI is InChI=1S/C7H13N/c1-2-5-8-6-3-4-7-8/h2H,1,3-7H2. The molecule has 1 nitrogen and oxygen atoms in total. The van der Waals surface area contributed by atoms with Crippen LogP contribution in [0.3, 0.4) is 0 Å². The van der Waals surface area contributed by atoms with Gasteiger partial charge in [0.1, 0.15) is 0 Å². The minimum atomic E-state index is 1.08. The maximum atomic E-state index is 3.68. The molecule has 1 aliphatic rings. The van der Waals surface area contributed by atoms with E-state index in [1.54, 1.807) is 0 Å². The van der Waals surface area contributed by atoms with Crippen LogP contribution in [0.5, 0.6) is 0 Å². The predicted octanol–water partition coefficient (Wildman–Crippen LogP) is 1.27. The SMILES string of the molecule is C=CCN1CCCC1. The van der Waals surface area contributed by atoms with Crippen molar-refractivity contribution in [3.8, 4) is 0 Å². The maximum absolute atomic E-state index is 3.68. The van der Waals surface area contributed by atoms with Crippen LogP contribution in [0.4, 0.5) is 0 Å². The van der Waals surface area contributed by atoms with Gasteiger partial charge >= 0.3 is 0 Å². The highest BCUT2D eigenvalue weighted by molar-refractivity contribution is 4.76. The van der Waals surface area contributed by atoms with Crippen molar-refractivity contribution in [1.29, 1.82) is 0 Å². The number of rotatable bonds is 2. The lowest BCUT2D eigenvalue weighted by atomic mass is 10.4. The molecular weight excluding hydrogens is 98.1 g/mol. The first-order valence-electron chi connectivity index (χ1n) is 3.27. The largest absolute Gasteiger partial charge is 0.300 e. The summed E-state index contributed by atoms with van der Waals surface area (Å²) in [7, 11) is 0. The fraction of sp³-hybridized carbons (Fsp3) is 0.714. The summed E-state index contributed by atoms with van der Waals surface area (Å²) in [5, 5.41) is 0. The minimum Gasteiger partial charge on any atom is -0.300 e. The van der Waals surface area contributed by atoms with E-state index in [0.29, 0.717) is 0 Å². The van der Waals surface area contributed by atoms with Gasteiger partial charge in [-0.3, -0.25) is 4.90 Å².